The van der Waals surface area contributed by atoms with E-state index in [0.29, 0.717) is 18.5 Å². The topological polar surface area (TPSA) is 38.0 Å². The SMILES string of the molecule is Cc1nn(Cc2cc(F)cc(C#CCCO)c2)c(C)c1C. The molecular weight excluding hydrogens is 267 g/mol. The summed E-state index contributed by atoms with van der Waals surface area (Å²) < 4.78 is 15.6. The summed E-state index contributed by atoms with van der Waals surface area (Å²) >= 11 is 0. The summed E-state index contributed by atoms with van der Waals surface area (Å²) in [7, 11) is 0. The van der Waals surface area contributed by atoms with Crippen LogP contribution < -0.4 is 0 Å². The molecule has 0 bridgehead atoms. The Kier molecular flexibility index (Phi) is 4.77. The zero-order chi connectivity index (χ0) is 15.4. The van der Waals surface area contributed by atoms with Crippen molar-refractivity contribution < 1.29 is 9.50 Å². The molecule has 21 heavy (non-hydrogen) atoms. The van der Waals surface area contributed by atoms with Crippen LogP contribution in [0.25, 0.3) is 0 Å². The van der Waals surface area contributed by atoms with E-state index in [2.05, 4.69) is 16.9 Å². The molecule has 0 amide bonds. The van der Waals surface area contributed by atoms with E-state index >= 15 is 0 Å². The van der Waals surface area contributed by atoms with Gasteiger partial charge in [-0.05, 0) is 50.1 Å². The Morgan fingerprint density at radius 2 is 2.00 bits per heavy atom. The van der Waals surface area contributed by atoms with Crippen molar-refractivity contribution in [3.8, 4) is 11.8 Å². The molecule has 110 valence electrons. The Bertz CT molecular complexity index is 708. The van der Waals surface area contributed by atoms with Crippen LogP contribution in [0.3, 0.4) is 0 Å². The third-order valence-electron chi connectivity index (χ3n) is 3.50. The molecule has 0 unspecified atom stereocenters. The number of hydrogen-bond donors (Lipinski definition) is 1. The molecule has 0 aliphatic heterocycles. The normalized spacial score (nSPS) is 10.3. The molecule has 2 rings (SSSR count). The van der Waals surface area contributed by atoms with Crippen LogP contribution in [0.5, 0.6) is 0 Å². The second-order valence-electron chi connectivity index (χ2n) is 5.08. The largest absolute Gasteiger partial charge is 0.395 e. The fraction of sp³-hybridized carbons (Fsp3) is 0.353. The van der Waals surface area contributed by atoms with Gasteiger partial charge in [-0.2, -0.15) is 5.10 Å². The number of aliphatic hydroxyl groups is 1. The zero-order valence-electron chi connectivity index (χ0n) is 12.6. The van der Waals surface area contributed by atoms with Crippen molar-refractivity contribution in [2.75, 3.05) is 6.61 Å². The number of aromatic nitrogens is 2. The summed E-state index contributed by atoms with van der Waals surface area (Å²) in [5.41, 5.74) is 4.69. The molecule has 3 nitrogen and oxygen atoms in total. The lowest BCUT2D eigenvalue weighted by Gasteiger charge is -2.06. The van der Waals surface area contributed by atoms with Gasteiger partial charge in [0.1, 0.15) is 5.82 Å². The van der Waals surface area contributed by atoms with Crippen LogP contribution in [0.4, 0.5) is 4.39 Å². The molecule has 1 aromatic carbocycles. The smallest absolute Gasteiger partial charge is 0.124 e. The molecule has 0 saturated carbocycles. The molecular formula is C17H19FN2O. The standard InChI is InChI=1S/C17H19FN2O/c1-12-13(2)19-20(14(12)3)11-16-8-15(6-4-5-7-21)9-17(18)10-16/h8-10,21H,5,7,11H2,1-3H3. The number of nitrogens with zero attached hydrogens (tertiary/aromatic N) is 2. The summed E-state index contributed by atoms with van der Waals surface area (Å²) in [5.74, 6) is 5.36. The highest BCUT2D eigenvalue weighted by molar-refractivity contribution is 5.38. The van der Waals surface area contributed by atoms with Gasteiger partial charge in [-0.3, -0.25) is 4.68 Å². The summed E-state index contributed by atoms with van der Waals surface area (Å²) in [5, 5.41) is 13.2. The van der Waals surface area contributed by atoms with Crippen molar-refractivity contribution in [1.29, 1.82) is 0 Å². The van der Waals surface area contributed by atoms with E-state index in [1.807, 2.05) is 31.5 Å². The first-order valence-corrected chi connectivity index (χ1v) is 6.91. The molecule has 1 N–H and O–H groups in total. The maximum absolute atomic E-state index is 13.7. The Morgan fingerprint density at radius 3 is 2.62 bits per heavy atom. The van der Waals surface area contributed by atoms with Gasteiger partial charge in [0, 0.05) is 17.7 Å². The molecule has 1 aromatic heterocycles. The molecule has 0 radical (unpaired) electrons. The Balaban J connectivity index is 2.28. The summed E-state index contributed by atoms with van der Waals surface area (Å²) in [4.78, 5) is 0. The Morgan fingerprint density at radius 1 is 1.24 bits per heavy atom. The van der Waals surface area contributed by atoms with Crippen molar-refractivity contribution in [3.63, 3.8) is 0 Å². The lowest BCUT2D eigenvalue weighted by atomic mass is 10.1. The quantitative estimate of drug-likeness (QED) is 0.881. The second kappa shape index (κ2) is 6.55. The van der Waals surface area contributed by atoms with E-state index < -0.39 is 0 Å². The van der Waals surface area contributed by atoms with E-state index in [1.54, 1.807) is 0 Å². The Hall–Kier alpha value is -2.12. The average molecular weight is 286 g/mol. The predicted octanol–water partition coefficient (Wildman–Crippen LogP) is 2.73. The van der Waals surface area contributed by atoms with Gasteiger partial charge in [0.25, 0.3) is 0 Å². The highest BCUT2D eigenvalue weighted by atomic mass is 19.1. The van der Waals surface area contributed by atoms with Crippen molar-refractivity contribution in [2.45, 2.75) is 33.7 Å². The molecule has 4 heteroatoms. The highest BCUT2D eigenvalue weighted by Gasteiger charge is 2.08. The van der Waals surface area contributed by atoms with Crippen molar-refractivity contribution in [2.24, 2.45) is 0 Å². The van der Waals surface area contributed by atoms with Crippen LogP contribution in [-0.2, 0) is 6.54 Å². The van der Waals surface area contributed by atoms with Crippen LogP contribution >= 0.6 is 0 Å². The fourth-order valence-electron chi connectivity index (χ4n) is 2.15. The van der Waals surface area contributed by atoms with E-state index in [-0.39, 0.29) is 12.4 Å². The number of aliphatic hydroxyl groups excluding tert-OH is 1. The molecule has 2 aromatic rings. The number of halogens is 1. The van der Waals surface area contributed by atoms with Crippen molar-refractivity contribution in [1.82, 2.24) is 9.78 Å². The highest BCUT2D eigenvalue weighted by Crippen LogP contribution is 2.15. The van der Waals surface area contributed by atoms with Gasteiger partial charge in [-0.1, -0.05) is 11.8 Å². The van der Waals surface area contributed by atoms with Gasteiger partial charge < -0.3 is 5.11 Å². The third-order valence-corrected chi connectivity index (χ3v) is 3.50. The van der Waals surface area contributed by atoms with Crippen LogP contribution in [0.15, 0.2) is 18.2 Å². The molecule has 0 spiro atoms. The molecule has 0 saturated heterocycles. The second-order valence-corrected chi connectivity index (χ2v) is 5.08. The van der Waals surface area contributed by atoms with Gasteiger partial charge in [0.15, 0.2) is 0 Å². The number of aryl methyl sites for hydroxylation is 1. The number of benzene rings is 1. The van der Waals surface area contributed by atoms with E-state index in [1.165, 1.54) is 12.1 Å². The van der Waals surface area contributed by atoms with Gasteiger partial charge in [0.2, 0.25) is 0 Å². The summed E-state index contributed by atoms with van der Waals surface area (Å²) in [6.07, 6.45) is 0.391. The minimum absolute atomic E-state index is 0.0141. The van der Waals surface area contributed by atoms with Gasteiger partial charge in [0.05, 0.1) is 18.8 Å². The summed E-state index contributed by atoms with van der Waals surface area (Å²) in [6.45, 7) is 6.55. The van der Waals surface area contributed by atoms with E-state index in [4.69, 9.17) is 5.11 Å². The maximum atomic E-state index is 13.7. The molecule has 0 aliphatic rings. The van der Waals surface area contributed by atoms with Crippen molar-refractivity contribution >= 4 is 0 Å². The Labute approximate surface area is 124 Å². The lowest BCUT2D eigenvalue weighted by Crippen LogP contribution is -2.05. The van der Waals surface area contributed by atoms with Gasteiger partial charge in [-0.25, -0.2) is 4.39 Å². The summed E-state index contributed by atoms with van der Waals surface area (Å²) in [6, 6.07) is 4.77. The maximum Gasteiger partial charge on any atom is 0.124 e. The first-order chi connectivity index (χ1) is 10.0. The van der Waals surface area contributed by atoms with Crippen LogP contribution in [-0.4, -0.2) is 21.5 Å². The predicted molar refractivity (Wildman–Crippen MR) is 80.5 cm³/mol. The lowest BCUT2D eigenvalue weighted by molar-refractivity contribution is 0.305. The van der Waals surface area contributed by atoms with Crippen LogP contribution in [0.2, 0.25) is 0 Å². The average Bonchev–Trinajstić information content (AvgIpc) is 2.66. The van der Waals surface area contributed by atoms with Crippen LogP contribution in [0, 0.1) is 38.4 Å². The number of rotatable bonds is 3. The third kappa shape index (κ3) is 3.71. The van der Waals surface area contributed by atoms with Gasteiger partial charge >= 0.3 is 0 Å². The number of hydrogen-bond acceptors (Lipinski definition) is 2. The fourth-order valence-corrected chi connectivity index (χ4v) is 2.15. The molecule has 1 heterocycles. The van der Waals surface area contributed by atoms with Crippen LogP contribution in [0.1, 0.15) is 34.5 Å². The monoisotopic (exact) mass is 286 g/mol. The first-order valence-electron chi connectivity index (χ1n) is 6.91. The molecule has 0 atom stereocenters. The van der Waals surface area contributed by atoms with E-state index in [0.717, 1.165) is 22.5 Å². The minimum Gasteiger partial charge on any atom is -0.395 e. The first kappa shape index (κ1) is 15.3. The molecule has 0 fully saturated rings. The molecule has 0 aliphatic carbocycles. The van der Waals surface area contributed by atoms with E-state index in [9.17, 15) is 4.39 Å². The van der Waals surface area contributed by atoms with Crippen molar-refractivity contribution in [3.05, 3.63) is 52.1 Å². The zero-order valence-corrected chi connectivity index (χ0v) is 12.6. The van der Waals surface area contributed by atoms with Gasteiger partial charge in [-0.15, -0.1) is 0 Å². The minimum atomic E-state index is -0.306.